The van der Waals surface area contributed by atoms with Crippen molar-refractivity contribution in [1.82, 2.24) is 0 Å². The Morgan fingerprint density at radius 2 is 2.00 bits per heavy atom. The smallest absolute Gasteiger partial charge is 0.303 e. The molecule has 0 amide bonds. The molecule has 0 radical (unpaired) electrons. The Labute approximate surface area is 101 Å². The van der Waals surface area contributed by atoms with E-state index in [4.69, 9.17) is 5.11 Å². The fraction of sp³-hybridized carbons (Fsp3) is 0.357. The first-order chi connectivity index (χ1) is 8.18. The maximum atomic E-state index is 10.3. The number of carbonyl (C=O) groups is 1. The van der Waals surface area contributed by atoms with Crippen molar-refractivity contribution >= 4 is 5.97 Å². The number of hydrogen-bond donors (Lipinski definition) is 2. The van der Waals surface area contributed by atoms with Crippen molar-refractivity contribution in [3.63, 3.8) is 0 Å². The van der Waals surface area contributed by atoms with Crippen LogP contribution >= 0.6 is 0 Å². The molecule has 92 valence electrons. The highest BCUT2D eigenvalue weighted by atomic mass is 16.4. The molecule has 0 saturated carbocycles. The van der Waals surface area contributed by atoms with Gasteiger partial charge < -0.3 is 10.2 Å². The zero-order valence-electron chi connectivity index (χ0n) is 9.75. The van der Waals surface area contributed by atoms with E-state index in [0.29, 0.717) is 12.8 Å². The number of rotatable bonds is 7. The lowest BCUT2D eigenvalue weighted by atomic mass is 10.1. The van der Waals surface area contributed by atoms with Gasteiger partial charge in [-0.2, -0.15) is 0 Å². The third-order valence-electron chi connectivity index (χ3n) is 2.45. The molecule has 2 N–H and O–H groups in total. The van der Waals surface area contributed by atoms with Crippen LogP contribution in [0.25, 0.3) is 0 Å². The first kappa shape index (κ1) is 13.5. The fourth-order valence-corrected chi connectivity index (χ4v) is 1.53. The van der Waals surface area contributed by atoms with Gasteiger partial charge in [0.05, 0.1) is 6.10 Å². The summed E-state index contributed by atoms with van der Waals surface area (Å²) in [6.07, 6.45) is 5.01. The number of hydrogen-bond acceptors (Lipinski definition) is 2. The van der Waals surface area contributed by atoms with Crippen molar-refractivity contribution in [3.8, 4) is 0 Å². The fourth-order valence-electron chi connectivity index (χ4n) is 1.53. The molecule has 0 fully saturated rings. The summed E-state index contributed by atoms with van der Waals surface area (Å²) in [5, 5.41) is 18.0. The van der Waals surface area contributed by atoms with E-state index in [1.54, 1.807) is 6.08 Å². The van der Waals surface area contributed by atoms with E-state index in [1.165, 1.54) is 5.56 Å². The van der Waals surface area contributed by atoms with E-state index in [1.807, 2.05) is 36.4 Å². The van der Waals surface area contributed by atoms with Crippen molar-refractivity contribution in [2.45, 2.75) is 31.8 Å². The summed E-state index contributed by atoms with van der Waals surface area (Å²) in [4.78, 5) is 10.3. The molecule has 0 aliphatic heterocycles. The normalized spacial score (nSPS) is 12.8. The second-order valence-electron chi connectivity index (χ2n) is 3.97. The second kappa shape index (κ2) is 7.63. The van der Waals surface area contributed by atoms with Crippen molar-refractivity contribution in [3.05, 3.63) is 48.0 Å². The van der Waals surface area contributed by atoms with Gasteiger partial charge in [-0.3, -0.25) is 4.79 Å². The maximum Gasteiger partial charge on any atom is 0.303 e. The van der Waals surface area contributed by atoms with Crippen LogP contribution < -0.4 is 0 Å². The molecule has 0 saturated heterocycles. The first-order valence-corrected chi connectivity index (χ1v) is 5.79. The van der Waals surface area contributed by atoms with Crippen LogP contribution in [-0.4, -0.2) is 22.3 Å². The molecule has 17 heavy (non-hydrogen) atoms. The average Bonchev–Trinajstić information content (AvgIpc) is 2.30. The third-order valence-corrected chi connectivity index (χ3v) is 2.45. The zero-order valence-corrected chi connectivity index (χ0v) is 9.75. The SMILES string of the molecule is O=C(O)CCC[C@H](O)/C=C/Cc1ccccc1. The van der Waals surface area contributed by atoms with Gasteiger partial charge in [0, 0.05) is 6.42 Å². The Morgan fingerprint density at radius 1 is 1.29 bits per heavy atom. The molecule has 0 aliphatic carbocycles. The van der Waals surface area contributed by atoms with Crippen LogP contribution in [0.15, 0.2) is 42.5 Å². The molecule has 1 aromatic carbocycles. The van der Waals surface area contributed by atoms with Crippen LogP contribution in [0, 0.1) is 0 Å². The van der Waals surface area contributed by atoms with Crippen LogP contribution in [0.2, 0.25) is 0 Å². The molecule has 0 spiro atoms. The van der Waals surface area contributed by atoms with Crippen molar-refractivity contribution in [1.29, 1.82) is 0 Å². The van der Waals surface area contributed by atoms with Crippen LogP contribution in [0.4, 0.5) is 0 Å². The van der Waals surface area contributed by atoms with Crippen LogP contribution in [0.5, 0.6) is 0 Å². The van der Waals surface area contributed by atoms with Crippen molar-refractivity contribution < 1.29 is 15.0 Å². The minimum Gasteiger partial charge on any atom is -0.481 e. The minimum atomic E-state index is -0.814. The summed E-state index contributed by atoms with van der Waals surface area (Å²) < 4.78 is 0. The number of aliphatic carboxylic acids is 1. The molecule has 0 aliphatic rings. The van der Waals surface area contributed by atoms with E-state index >= 15 is 0 Å². The van der Waals surface area contributed by atoms with Gasteiger partial charge in [0.2, 0.25) is 0 Å². The molecule has 0 heterocycles. The molecule has 1 rings (SSSR count). The van der Waals surface area contributed by atoms with E-state index in [-0.39, 0.29) is 6.42 Å². The Kier molecular flexibility index (Phi) is 6.04. The second-order valence-corrected chi connectivity index (χ2v) is 3.97. The number of benzene rings is 1. The summed E-state index contributed by atoms with van der Waals surface area (Å²) in [6, 6.07) is 9.98. The Balaban J connectivity index is 2.22. The number of aliphatic hydroxyl groups is 1. The lowest BCUT2D eigenvalue weighted by molar-refractivity contribution is -0.137. The topological polar surface area (TPSA) is 57.5 Å². The molecule has 3 heteroatoms. The predicted molar refractivity (Wildman–Crippen MR) is 66.8 cm³/mol. The van der Waals surface area contributed by atoms with Gasteiger partial charge >= 0.3 is 5.97 Å². The van der Waals surface area contributed by atoms with E-state index in [0.717, 1.165) is 6.42 Å². The van der Waals surface area contributed by atoms with Gasteiger partial charge in [0.25, 0.3) is 0 Å². The number of carboxylic acid groups (broad SMARTS) is 1. The zero-order chi connectivity index (χ0) is 12.5. The molecule has 1 aromatic rings. The summed E-state index contributed by atoms with van der Waals surface area (Å²) in [6.45, 7) is 0. The summed E-state index contributed by atoms with van der Waals surface area (Å²) >= 11 is 0. The highest BCUT2D eigenvalue weighted by Crippen LogP contribution is 2.04. The van der Waals surface area contributed by atoms with Gasteiger partial charge in [-0.05, 0) is 24.8 Å². The first-order valence-electron chi connectivity index (χ1n) is 5.79. The lowest BCUT2D eigenvalue weighted by Crippen LogP contribution is -2.04. The number of allylic oxidation sites excluding steroid dienone is 1. The molecular weight excluding hydrogens is 216 g/mol. The van der Waals surface area contributed by atoms with Crippen LogP contribution in [0.1, 0.15) is 24.8 Å². The third kappa shape index (κ3) is 6.53. The van der Waals surface area contributed by atoms with Gasteiger partial charge in [0.1, 0.15) is 0 Å². The molecular formula is C14H18O3. The molecule has 0 aromatic heterocycles. The van der Waals surface area contributed by atoms with Gasteiger partial charge in [0.15, 0.2) is 0 Å². The average molecular weight is 234 g/mol. The van der Waals surface area contributed by atoms with Crippen LogP contribution in [-0.2, 0) is 11.2 Å². The van der Waals surface area contributed by atoms with E-state index in [2.05, 4.69) is 0 Å². The van der Waals surface area contributed by atoms with Crippen molar-refractivity contribution in [2.24, 2.45) is 0 Å². The van der Waals surface area contributed by atoms with E-state index in [9.17, 15) is 9.90 Å². The summed E-state index contributed by atoms with van der Waals surface area (Å²) in [5.74, 6) is -0.814. The number of aliphatic hydroxyl groups excluding tert-OH is 1. The Morgan fingerprint density at radius 3 is 2.65 bits per heavy atom. The molecule has 0 unspecified atom stereocenters. The quantitative estimate of drug-likeness (QED) is 0.712. The van der Waals surface area contributed by atoms with Gasteiger partial charge in [-0.15, -0.1) is 0 Å². The Bertz CT molecular complexity index is 357. The van der Waals surface area contributed by atoms with Gasteiger partial charge in [-0.25, -0.2) is 0 Å². The highest BCUT2D eigenvalue weighted by Gasteiger charge is 2.01. The molecule has 0 bridgehead atoms. The highest BCUT2D eigenvalue weighted by molar-refractivity contribution is 5.66. The lowest BCUT2D eigenvalue weighted by Gasteiger charge is -2.03. The van der Waals surface area contributed by atoms with Crippen LogP contribution in [0.3, 0.4) is 0 Å². The predicted octanol–water partition coefficient (Wildman–Crippen LogP) is 2.40. The molecule has 3 nitrogen and oxygen atoms in total. The maximum absolute atomic E-state index is 10.3. The van der Waals surface area contributed by atoms with E-state index < -0.39 is 12.1 Å². The van der Waals surface area contributed by atoms with Crippen molar-refractivity contribution in [2.75, 3.05) is 0 Å². The summed E-state index contributed by atoms with van der Waals surface area (Å²) in [7, 11) is 0. The standard InChI is InChI=1S/C14H18O3/c15-13(10-5-11-14(16)17)9-4-8-12-6-2-1-3-7-12/h1-4,6-7,9,13,15H,5,8,10-11H2,(H,16,17)/b9-4+/t13-/m1/s1. The minimum absolute atomic E-state index is 0.115. The Hall–Kier alpha value is -1.61. The molecule has 1 atom stereocenters. The monoisotopic (exact) mass is 234 g/mol. The summed E-state index contributed by atoms with van der Waals surface area (Å²) in [5.41, 5.74) is 1.20. The number of carboxylic acids is 1. The largest absolute Gasteiger partial charge is 0.481 e. The van der Waals surface area contributed by atoms with Gasteiger partial charge in [-0.1, -0.05) is 42.5 Å².